The second-order valence-electron chi connectivity index (χ2n) is 5.72. The van der Waals surface area contributed by atoms with E-state index in [2.05, 4.69) is 64.2 Å². The zero-order valence-electron chi connectivity index (χ0n) is 14.2. The first-order valence-electron chi connectivity index (χ1n) is 8.43. The van der Waals surface area contributed by atoms with Gasteiger partial charge in [-0.25, -0.2) is 0 Å². The Morgan fingerprint density at radius 1 is 1.00 bits per heavy atom. The molecule has 0 saturated carbocycles. The minimum absolute atomic E-state index is 0.315. The minimum Gasteiger partial charge on any atom is -0.356 e. The third-order valence-electron chi connectivity index (χ3n) is 3.94. The van der Waals surface area contributed by atoms with E-state index in [1.54, 1.807) is 7.05 Å². The highest BCUT2D eigenvalue weighted by atomic mass is 19.1. The highest BCUT2D eigenvalue weighted by Gasteiger charge is 2.13. The zero-order chi connectivity index (χ0) is 17.0. The highest BCUT2D eigenvalue weighted by molar-refractivity contribution is 5.79. The van der Waals surface area contributed by atoms with Gasteiger partial charge in [0.1, 0.15) is 0 Å². The van der Waals surface area contributed by atoms with Crippen LogP contribution in [0.3, 0.4) is 0 Å². The Kier molecular flexibility index (Phi) is 7.81. The van der Waals surface area contributed by atoms with Crippen LogP contribution in [0.15, 0.2) is 65.7 Å². The van der Waals surface area contributed by atoms with E-state index in [9.17, 15) is 4.39 Å². The van der Waals surface area contributed by atoms with Gasteiger partial charge in [-0.1, -0.05) is 60.7 Å². The average Bonchev–Trinajstić information content (AvgIpc) is 2.65. The van der Waals surface area contributed by atoms with Crippen LogP contribution in [0.5, 0.6) is 0 Å². The Hall–Kier alpha value is -2.36. The summed E-state index contributed by atoms with van der Waals surface area (Å²) in [6.45, 7) is 1.05. The predicted octanol–water partition coefficient (Wildman–Crippen LogP) is 3.54. The van der Waals surface area contributed by atoms with Gasteiger partial charge in [-0.15, -0.1) is 0 Å². The molecule has 0 fully saturated rings. The number of halogens is 1. The van der Waals surface area contributed by atoms with Gasteiger partial charge in [0.2, 0.25) is 0 Å². The molecule has 0 saturated heterocycles. The van der Waals surface area contributed by atoms with Crippen LogP contribution in [0.1, 0.15) is 23.5 Å². The van der Waals surface area contributed by atoms with Crippen molar-refractivity contribution in [1.29, 1.82) is 0 Å². The molecule has 0 aromatic heterocycles. The van der Waals surface area contributed by atoms with Crippen molar-refractivity contribution in [3.8, 4) is 0 Å². The molecule has 3 nitrogen and oxygen atoms in total. The van der Waals surface area contributed by atoms with E-state index >= 15 is 0 Å². The molecule has 0 aliphatic carbocycles. The van der Waals surface area contributed by atoms with Crippen molar-refractivity contribution >= 4 is 5.96 Å². The maximum Gasteiger partial charge on any atom is 0.190 e. The van der Waals surface area contributed by atoms with Crippen LogP contribution in [0.4, 0.5) is 4.39 Å². The topological polar surface area (TPSA) is 36.4 Å². The van der Waals surface area contributed by atoms with Crippen molar-refractivity contribution < 1.29 is 4.39 Å². The third-order valence-corrected chi connectivity index (χ3v) is 3.94. The second kappa shape index (κ2) is 10.4. The molecule has 128 valence electrons. The predicted molar refractivity (Wildman–Crippen MR) is 99.3 cm³/mol. The fourth-order valence-electron chi connectivity index (χ4n) is 2.65. The second-order valence-corrected chi connectivity index (χ2v) is 5.72. The fraction of sp³-hybridized carbons (Fsp3) is 0.350. The lowest BCUT2D eigenvalue weighted by Gasteiger charge is -2.20. The van der Waals surface area contributed by atoms with Gasteiger partial charge < -0.3 is 10.6 Å². The van der Waals surface area contributed by atoms with E-state index in [0.717, 1.165) is 18.9 Å². The zero-order valence-corrected chi connectivity index (χ0v) is 14.2. The lowest BCUT2D eigenvalue weighted by atomic mass is 9.92. The molecule has 2 aromatic carbocycles. The molecule has 2 aromatic rings. The lowest BCUT2D eigenvalue weighted by molar-refractivity contribution is 0.470. The van der Waals surface area contributed by atoms with Crippen LogP contribution in [0.2, 0.25) is 0 Å². The molecule has 0 aliphatic heterocycles. The van der Waals surface area contributed by atoms with Crippen molar-refractivity contribution in [1.82, 2.24) is 10.6 Å². The van der Waals surface area contributed by atoms with Crippen molar-refractivity contribution in [2.24, 2.45) is 4.99 Å². The van der Waals surface area contributed by atoms with Crippen LogP contribution in [0.25, 0.3) is 0 Å². The van der Waals surface area contributed by atoms with Gasteiger partial charge in [0.25, 0.3) is 0 Å². The van der Waals surface area contributed by atoms with Gasteiger partial charge >= 0.3 is 0 Å². The third kappa shape index (κ3) is 6.03. The van der Waals surface area contributed by atoms with E-state index in [0.29, 0.717) is 18.9 Å². The molecule has 0 spiro atoms. The summed E-state index contributed by atoms with van der Waals surface area (Å²) in [7, 11) is 1.74. The average molecular weight is 327 g/mol. The summed E-state index contributed by atoms with van der Waals surface area (Å²) in [6.07, 6.45) is 1.45. The number of nitrogens with zero attached hydrogens (tertiary/aromatic N) is 1. The summed E-state index contributed by atoms with van der Waals surface area (Å²) in [5.74, 6) is 1.06. The molecule has 0 radical (unpaired) electrons. The maximum absolute atomic E-state index is 12.2. The van der Waals surface area contributed by atoms with Gasteiger partial charge in [-0.05, 0) is 24.0 Å². The van der Waals surface area contributed by atoms with Gasteiger partial charge in [-0.2, -0.15) is 0 Å². The molecular formula is C20H26FN3. The number of alkyl halides is 1. The van der Waals surface area contributed by atoms with E-state index < -0.39 is 0 Å². The highest BCUT2D eigenvalue weighted by Crippen LogP contribution is 2.20. The van der Waals surface area contributed by atoms with Crippen molar-refractivity contribution in [3.05, 3.63) is 71.8 Å². The molecule has 2 rings (SSSR count). The number of rotatable bonds is 8. The van der Waals surface area contributed by atoms with E-state index in [1.165, 1.54) is 11.1 Å². The first-order chi connectivity index (χ1) is 11.8. The van der Waals surface area contributed by atoms with Crippen LogP contribution in [-0.4, -0.2) is 32.8 Å². The van der Waals surface area contributed by atoms with Crippen molar-refractivity contribution in [2.75, 3.05) is 26.8 Å². The number of aliphatic imine (C=N–C) groups is 1. The molecule has 0 aliphatic rings. The van der Waals surface area contributed by atoms with Crippen LogP contribution in [0, 0.1) is 0 Å². The summed E-state index contributed by atoms with van der Waals surface area (Å²) >= 11 is 0. The number of nitrogens with one attached hydrogen (secondary N) is 2. The molecule has 1 unspecified atom stereocenters. The first kappa shape index (κ1) is 18.0. The summed E-state index contributed by atoms with van der Waals surface area (Å²) in [5.41, 5.74) is 2.61. The van der Waals surface area contributed by atoms with E-state index in [4.69, 9.17) is 0 Å². The molecule has 24 heavy (non-hydrogen) atoms. The summed E-state index contributed by atoms with van der Waals surface area (Å²) < 4.78 is 12.2. The summed E-state index contributed by atoms with van der Waals surface area (Å²) in [4.78, 5) is 4.20. The van der Waals surface area contributed by atoms with Crippen molar-refractivity contribution in [3.63, 3.8) is 0 Å². The quantitative estimate of drug-likeness (QED) is 0.442. The Bertz CT molecular complexity index is 599. The first-order valence-corrected chi connectivity index (χ1v) is 8.43. The molecule has 2 N–H and O–H groups in total. The fourth-order valence-corrected chi connectivity index (χ4v) is 2.65. The summed E-state index contributed by atoms with van der Waals surface area (Å²) in [6, 6.07) is 21.0. The Labute approximate surface area is 144 Å². The summed E-state index contributed by atoms with van der Waals surface area (Å²) in [5, 5.41) is 6.50. The molecule has 0 bridgehead atoms. The standard InChI is InChI=1S/C20H26FN3/c1-22-20(23-14-8-13-21)24-16-19(18-11-6-3-7-12-18)15-17-9-4-2-5-10-17/h2-7,9-12,19H,8,13-16H2,1H3,(H2,22,23,24). The largest absolute Gasteiger partial charge is 0.356 e. The molecule has 4 heteroatoms. The Morgan fingerprint density at radius 2 is 1.67 bits per heavy atom. The van der Waals surface area contributed by atoms with Gasteiger partial charge in [0.15, 0.2) is 5.96 Å². The van der Waals surface area contributed by atoms with Crippen LogP contribution >= 0.6 is 0 Å². The SMILES string of the molecule is CN=C(NCCCF)NCC(Cc1ccccc1)c1ccccc1. The number of hydrogen-bond donors (Lipinski definition) is 2. The molecular weight excluding hydrogens is 301 g/mol. The van der Waals surface area contributed by atoms with E-state index in [-0.39, 0.29) is 6.67 Å². The normalized spacial score (nSPS) is 12.7. The number of guanidine groups is 1. The van der Waals surface area contributed by atoms with E-state index in [1.807, 2.05) is 12.1 Å². The lowest BCUT2D eigenvalue weighted by Crippen LogP contribution is -2.40. The minimum atomic E-state index is -0.315. The molecule has 0 amide bonds. The van der Waals surface area contributed by atoms with Gasteiger partial charge in [0.05, 0.1) is 6.67 Å². The monoisotopic (exact) mass is 327 g/mol. The Morgan fingerprint density at radius 3 is 2.29 bits per heavy atom. The maximum atomic E-state index is 12.2. The van der Waals surface area contributed by atoms with Crippen molar-refractivity contribution in [2.45, 2.75) is 18.8 Å². The molecule has 1 atom stereocenters. The number of hydrogen-bond acceptors (Lipinski definition) is 1. The molecule has 0 heterocycles. The number of benzene rings is 2. The van der Waals surface area contributed by atoms with Crippen LogP contribution < -0.4 is 10.6 Å². The Balaban J connectivity index is 2.00. The van der Waals surface area contributed by atoms with Gasteiger partial charge in [0, 0.05) is 26.1 Å². The van der Waals surface area contributed by atoms with Gasteiger partial charge in [-0.3, -0.25) is 9.38 Å². The smallest absolute Gasteiger partial charge is 0.190 e. The van der Waals surface area contributed by atoms with Crippen LogP contribution in [-0.2, 0) is 6.42 Å².